The smallest absolute Gasteiger partial charge is 0.190 e. The maximum Gasteiger partial charge on any atom is 0.190 e. The van der Waals surface area contributed by atoms with E-state index in [0.29, 0.717) is 6.10 Å². The van der Waals surface area contributed by atoms with Gasteiger partial charge in [-0.05, 0) is 45.4 Å². The van der Waals surface area contributed by atoms with Gasteiger partial charge in [-0.1, -0.05) is 0 Å². The molecule has 1 saturated carbocycles. The fourth-order valence-corrected chi connectivity index (χ4v) is 1.73. The van der Waals surface area contributed by atoms with Crippen molar-refractivity contribution < 1.29 is 9.47 Å². The number of nitrogens with one attached hydrogen (secondary N) is 2. The lowest BCUT2D eigenvalue weighted by molar-refractivity contribution is 0.0776. The Kier molecular flexibility index (Phi) is 9.41. The van der Waals surface area contributed by atoms with Crippen LogP contribution in [0.25, 0.3) is 0 Å². The second-order valence-electron chi connectivity index (χ2n) is 5.57. The van der Waals surface area contributed by atoms with Crippen LogP contribution in [0.1, 0.15) is 39.5 Å². The van der Waals surface area contributed by atoms with Crippen molar-refractivity contribution in [2.75, 3.05) is 40.0 Å². The third kappa shape index (κ3) is 10.0. The summed E-state index contributed by atoms with van der Waals surface area (Å²) < 4.78 is 11.1. The molecule has 0 aromatic rings. The van der Waals surface area contributed by atoms with Crippen molar-refractivity contribution in [1.29, 1.82) is 0 Å². The molecule has 0 radical (unpaired) electrons. The highest BCUT2D eigenvalue weighted by Crippen LogP contribution is 2.28. The first-order valence-electron chi connectivity index (χ1n) is 7.86. The lowest BCUT2D eigenvalue weighted by atomic mass is 10.4. The predicted molar refractivity (Wildman–Crippen MR) is 83.2 cm³/mol. The van der Waals surface area contributed by atoms with Crippen molar-refractivity contribution in [3.8, 4) is 0 Å². The number of aliphatic imine (C=N–C) groups is 1. The van der Waals surface area contributed by atoms with Gasteiger partial charge in [0.25, 0.3) is 0 Å². The molecule has 118 valence electrons. The van der Waals surface area contributed by atoms with Crippen molar-refractivity contribution in [3.63, 3.8) is 0 Å². The van der Waals surface area contributed by atoms with Crippen LogP contribution >= 0.6 is 0 Å². The molecule has 0 aliphatic heterocycles. The van der Waals surface area contributed by atoms with Gasteiger partial charge in [0.05, 0.1) is 6.10 Å². The molecule has 0 aromatic carbocycles. The minimum Gasteiger partial charge on any atom is -0.381 e. The van der Waals surface area contributed by atoms with E-state index in [1.54, 1.807) is 7.05 Å². The van der Waals surface area contributed by atoms with Crippen LogP contribution in [-0.4, -0.2) is 52.0 Å². The predicted octanol–water partition coefficient (Wildman–Crippen LogP) is 1.78. The first-order chi connectivity index (χ1) is 9.72. The molecule has 5 heteroatoms. The fraction of sp³-hybridized carbons (Fsp3) is 0.933. The Balaban J connectivity index is 1.87. The van der Waals surface area contributed by atoms with Crippen molar-refractivity contribution >= 4 is 5.96 Å². The van der Waals surface area contributed by atoms with Gasteiger partial charge in [-0.15, -0.1) is 0 Å². The van der Waals surface area contributed by atoms with Gasteiger partial charge in [0.2, 0.25) is 0 Å². The average molecular weight is 285 g/mol. The second kappa shape index (κ2) is 10.9. The van der Waals surface area contributed by atoms with Gasteiger partial charge < -0.3 is 20.1 Å². The topological polar surface area (TPSA) is 54.9 Å². The molecule has 0 heterocycles. The standard InChI is InChI=1S/C15H31N3O2/c1-13(2)20-11-5-9-18-15(16-3)17-8-4-10-19-12-14-6-7-14/h13-14H,4-12H2,1-3H3,(H2,16,17,18). The average Bonchev–Trinajstić information content (AvgIpc) is 3.23. The largest absolute Gasteiger partial charge is 0.381 e. The van der Waals surface area contributed by atoms with Gasteiger partial charge in [0.15, 0.2) is 5.96 Å². The molecule has 1 aliphatic carbocycles. The van der Waals surface area contributed by atoms with Crippen LogP contribution < -0.4 is 10.6 Å². The first-order valence-corrected chi connectivity index (χ1v) is 7.86. The van der Waals surface area contributed by atoms with Gasteiger partial charge in [-0.25, -0.2) is 0 Å². The van der Waals surface area contributed by atoms with Gasteiger partial charge in [-0.2, -0.15) is 0 Å². The summed E-state index contributed by atoms with van der Waals surface area (Å²) in [6, 6.07) is 0. The van der Waals surface area contributed by atoms with Crippen LogP contribution in [-0.2, 0) is 9.47 Å². The van der Waals surface area contributed by atoms with Gasteiger partial charge in [0, 0.05) is 40.0 Å². The molecular formula is C15H31N3O2. The minimum atomic E-state index is 0.308. The number of guanidine groups is 1. The highest BCUT2D eigenvalue weighted by atomic mass is 16.5. The molecular weight excluding hydrogens is 254 g/mol. The highest BCUT2D eigenvalue weighted by Gasteiger charge is 2.20. The molecule has 2 N–H and O–H groups in total. The van der Waals surface area contributed by atoms with E-state index in [2.05, 4.69) is 29.5 Å². The minimum absolute atomic E-state index is 0.308. The van der Waals surface area contributed by atoms with Crippen molar-refractivity contribution in [3.05, 3.63) is 0 Å². The first kappa shape index (κ1) is 17.2. The van der Waals surface area contributed by atoms with Crippen molar-refractivity contribution in [1.82, 2.24) is 10.6 Å². The maximum atomic E-state index is 5.59. The Morgan fingerprint density at radius 3 is 2.35 bits per heavy atom. The molecule has 0 amide bonds. The Morgan fingerprint density at radius 1 is 1.15 bits per heavy atom. The van der Waals surface area contributed by atoms with Crippen LogP contribution in [0.4, 0.5) is 0 Å². The van der Waals surface area contributed by atoms with Crippen LogP contribution in [0, 0.1) is 5.92 Å². The van der Waals surface area contributed by atoms with Gasteiger partial charge in [-0.3, -0.25) is 4.99 Å². The molecule has 0 unspecified atom stereocenters. The fourth-order valence-electron chi connectivity index (χ4n) is 1.73. The van der Waals surface area contributed by atoms with Crippen LogP contribution in [0.2, 0.25) is 0 Å². The van der Waals surface area contributed by atoms with E-state index in [0.717, 1.165) is 57.6 Å². The number of rotatable bonds is 11. The molecule has 0 spiro atoms. The summed E-state index contributed by atoms with van der Waals surface area (Å²) in [6.45, 7) is 8.46. The number of nitrogens with zero attached hydrogens (tertiary/aromatic N) is 1. The second-order valence-corrected chi connectivity index (χ2v) is 5.57. The molecule has 0 bridgehead atoms. The van der Waals surface area contributed by atoms with Crippen LogP contribution in [0.3, 0.4) is 0 Å². The summed E-state index contributed by atoms with van der Waals surface area (Å²) in [5.41, 5.74) is 0. The lowest BCUT2D eigenvalue weighted by Gasteiger charge is -2.12. The summed E-state index contributed by atoms with van der Waals surface area (Å²) in [6.07, 6.45) is 5.03. The lowest BCUT2D eigenvalue weighted by Crippen LogP contribution is -2.38. The van der Waals surface area contributed by atoms with E-state index in [4.69, 9.17) is 9.47 Å². The molecule has 1 rings (SSSR count). The molecule has 5 nitrogen and oxygen atoms in total. The molecule has 1 aliphatic rings. The summed E-state index contributed by atoms with van der Waals surface area (Å²) >= 11 is 0. The van der Waals surface area contributed by atoms with Gasteiger partial charge >= 0.3 is 0 Å². The Labute approximate surface area is 123 Å². The third-order valence-corrected chi connectivity index (χ3v) is 3.10. The van der Waals surface area contributed by atoms with E-state index in [1.165, 1.54) is 12.8 Å². The number of hydrogen-bond donors (Lipinski definition) is 2. The van der Waals surface area contributed by atoms with Crippen LogP contribution in [0.5, 0.6) is 0 Å². The van der Waals surface area contributed by atoms with Crippen LogP contribution in [0.15, 0.2) is 4.99 Å². The van der Waals surface area contributed by atoms with E-state index < -0.39 is 0 Å². The molecule has 0 aromatic heterocycles. The van der Waals surface area contributed by atoms with E-state index in [9.17, 15) is 0 Å². The Bertz CT molecular complexity index is 266. The number of hydrogen-bond acceptors (Lipinski definition) is 3. The highest BCUT2D eigenvalue weighted by molar-refractivity contribution is 5.79. The summed E-state index contributed by atoms with van der Waals surface area (Å²) in [5.74, 6) is 1.71. The summed E-state index contributed by atoms with van der Waals surface area (Å²) in [4.78, 5) is 4.19. The third-order valence-electron chi connectivity index (χ3n) is 3.10. The monoisotopic (exact) mass is 285 g/mol. The zero-order chi connectivity index (χ0) is 14.6. The normalized spacial score (nSPS) is 15.7. The van der Waals surface area contributed by atoms with Gasteiger partial charge in [0.1, 0.15) is 0 Å². The van der Waals surface area contributed by atoms with E-state index in [-0.39, 0.29) is 0 Å². The molecule has 0 atom stereocenters. The summed E-state index contributed by atoms with van der Waals surface area (Å²) in [7, 11) is 1.80. The molecule has 1 fully saturated rings. The van der Waals surface area contributed by atoms with E-state index in [1.807, 2.05) is 0 Å². The quantitative estimate of drug-likeness (QED) is 0.345. The zero-order valence-corrected chi connectivity index (χ0v) is 13.3. The van der Waals surface area contributed by atoms with Crippen molar-refractivity contribution in [2.24, 2.45) is 10.9 Å². The Hall–Kier alpha value is -0.810. The molecule has 0 saturated heterocycles. The summed E-state index contributed by atoms with van der Waals surface area (Å²) in [5, 5.41) is 6.57. The Morgan fingerprint density at radius 2 is 1.80 bits per heavy atom. The SMILES string of the molecule is CN=C(NCCCOCC1CC1)NCCCOC(C)C. The number of ether oxygens (including phenoxy) is 2. The van der Waals surface area contributed by atoms with E-state index >= 15 is 0 Å². The maximum absolute atomic E-state index is 5.59. The zero-order valence-electron chi connectivity index (χ0n) is 13.3. The molecule has 20 heavy (non-hydrogen) atoms. The van der Waals surface area contributed by atoms with Crippen molar-refractivity contribution in [2.45, 2.75) is 45.6 Å².